The summed E-state index contributed by atoms with van der Waals surface area (Å²) in [6, 6.07) is 11.6. The fourth-order valence-corrected chi connectivity index (χ4v) is 2.14. The van der Waals surface area contributed by atoms with Crippen molar-refractivity contribution >= 4 is 23.0 Å². The van der Waals surface area contributed by atoms with Crippen molar-refractivity contribution in [1.82, 2.24) is 0 Å². The molecule has 0 bridgehead atoms. The molecule has 24 heavy (non-hydrogen) atoms. The lowest BCUT2D eigenvalue weighted by molar-refractivity contribution is -0.384. The van der Waals surface area contributed by atoms with Crippen LogP contribution >= 0.6 is 0 Å². The van der Waals surface area contributed by atoms with Crippen LogP contribution < -0.4 is 15.4 Å². The standard InChI is InChI=1S/C17H19N3O4/c1-3-24-16-7-5-4-6-14(16)19-17(21)11-18-15-10-13(20(22)23)9-8-12(15)2/h4-10,18H,3,11H2,1-2H3,(H,19,21). The Hall–Kier alpha value is -3.09. The van der Waals surface area contributed by atoms with Crippen LogP contribution in [0.15, 0.2) is 42.5 Å². The van der Waals surface area contributed by atoms with E-state index in [2.05, 4.69) is 10.6 Å². The maximum atomic E-state index is 12.1. The molecule has 0 aromatic heterocycles. The number of nitrogens with one attached hydrogen (secondary N) is 2. The number of nitro groups is 1. The molecule has 0 saturated carbocycles. The van der Waals surface area contributed by atoms with Gasteiger partial charge in [-0.3, -0.25) is 14.9 Å². The first kappa shape index (κ1) is 17.3. The van der Waals surface area contributed by atoms with Gasteiger partial charge in [-0.25, -0.2) is 0 Å². The lowest BCUT2D eigenvalue weighted by atomic mass is 10.2. The van der Waals surface area contributed by atoms with E-state index in [9.17, 15) is 14.9 Å². The maximum Gasteiger partial charge on any atom is 0.271 e. The largest absolute Gasteiger partial charge is 0.492 e. The van der Waals surface area contributed by atoms with Crippen molar-refractivity contribution in [2.45, 2.75) is 13.8 Å². The molecule has 0 unspecified atom stereocenters. The number of non-ortho nitro benzene ring substituents is 1. The SMILES string of the molecule is CCOc1ccccc1NC(=O)CNc1cc([N+](=O)[O-])ccc1C. The van der Waals surface area contributed by atoms with E-state index in [4.69, 9.17) is 4.74 Å². The minimum absolute atomic E-state index is 0.0114. The fraction of sp³-hybridized carbons (Fsp3) is 0.235. The fourth-order valence-electron chi connectivity index (χ4n) is 2.14. The first-order chi connectivity index (χ1) is 11.5. The van der Waals surface area contributed by atoms with Gasteiger partial charge in [0.05, 0.1) is 23.8 Å². The molecule has 0 aliphatic carbocycles. The van der Waals surface area contributed by atoms with Gasteiger partial charge >= 0.3 is 0 Å². The second kappa shape index (κ2) is 7.96. The Morgan fingerprint density at radius 2 is 1.96 bits per heavy atom. The van der Waals surface area contributed by atoms with Crippen molar-refractivity contribution in [2.75, 3.05) is 23.8 Å². The van der Waals surface area contributed by atoms with E-state index in [1.54, 1.807) is 24.3 Å². The van der Waals surface area contributed by atoms with Crippen molar-refractivity contribution in [3.8, 4) is 5.75 Å². The molecule has 2 rings (SSSR count). The van der Waals surface area contributed by atoms with Crippen molar-refractivity contribution in [2.24, 2.45) is 0 Å². The summed E-state index contributed by atoms with van der Waals surface area (Å²) in [7, 11) is 0. The number of benzene rings is 2. The second-order valence-corrected chi connectivity index (χ2v) is 5.09. The van der Waals surface area contributed by atoms with Gasteiger partial charge in [0.25, 0.3) is 5.69 Å². The average Bonchev–Trinajstić information content (AvgIpc) is 2.56. The zero-order valence-electron chi connectivity index (χ0n) is 13.5. The van der Waals surface area contributed by atoms with Gasteiger partial charge in [-0.1, -0.05) is 18.2 Å². The average molecular weight is 329 g/mol. The summed E-state index contributed by atoms with van der Waals surface area (Å²) in [5.74, 6) is 0.327. The van der Waals surface area contributed by atoms with Gasteiger partial charge in [0, 0.05) is 17.8 Å². The number of hydrogen-bond acceptors (Lipinski definition) is 5. The maximum absolute atomic E-state index is 12.1. The molecule has 0 saturated heterocycles. The highest BCUT2D eigenvalue weighted by molar-refractivity contribution is 5.95. The molecule has 7 heteroatoms. The second-order valence-electron chi connectivity index (χ2n) is 5.09. The predicted molar refractivity (Wildman–Crippen MR) is 92.6 cm³/mol. The summed E-state index contributed by atoms with van der Waals surface area (Å²) in [5.41, 5.74) is 1.94. The Balaban J connectivity index is 2.01. The van der Waals surface area contributed by atoms with Crippen LogP contribution in [-0.2, 0) is 4.79 Å². The van der Waals surface area contributed by atoms with Crippen LogP contribution in [0.5, 0.6) is 5.75 Å². The third-order valence-corrected chi connectivity index (χ3v) is 3.33. The summed E-state index contributed by atoms with van der Waals surface area (Å²) >= 11 is 0. The monoisotopic (exact) mass is 329 g/mol. The van der Waals surface area contributed by atoms with Crippen molar-refractivity contribution in [3.05, 3.63) is 58.1 Å². The molecular weight excluding hydrogens is 310 g/mol. The molecule has 0 radical (unpaired) electrons. The molecule has 0 spiro atoms. The first-order valence-electron chi connectivity index (χ1n) is 7.52. The zero-order valence-corrected chi connectivity index (χ0v) is 13.5. The number of carbonyl (C=O) groups is 1. The highest BCUT2D eigenvalue weighted by Gasteiger charge is 2.11. The van der Waals surface area contributed by atoms with Crippen molar-refractivity contribution in [1.29, 1.82) is 0 Å². The summed E-state index contributed by atoms with van der Waals surface area (Å²) < 4.78 is 5.45. The van der Waals surface area contributed by atoms with E-state index >= 15 is 0 Å². The van der Waals surface area contributed by atoms with E-state index < -0.39 is 4.92 Å². The number of para-hydroxylation sites is 2. The molecule has 1 amide bonds. The Labute approximate surface area is 139 Å². The topological polar surface area (TPSA) is 93.5 Å². The van der Waals surface area contributed by atoms with Crippen LogP contribution in [0.1, 0.15) is 12.5 Å². The van der Waals surface area contributed by atoms with E-state index in [1.807, 2.05) is 19.9 Å². The van der Waals surface area contributed by atoms with Gasteiger partial charge in [0.2, 0.25) is 5.91 Å². The first-order valence-corrected chi connectivity index (χ1v) is 7.52. The Kier molecular flexibility index (Phi) is 5.73. The molecule has 126 valence electrons. The van der Waals surface area contributed by atoms with Crippen molar-refractivity contribution in [3.63, 3.8) is 0 Å². The summed E-state index contributed by atoms with van der Waals surface area (Å²) in [6.45, 7) is 4.17. The molecule has 0 aliphatic heterocycles. The predicted octanol–water partition coefficient (Wildman–Crippen LogP) is 3.35. The molecule has 0 atom stereocenters. The number of nitro benzene ring substituents is 1. The van der Waals surface area contributed by atoms with Gasteiger partial charge in [0.15, 0.2) is 0 Å². The van der Waals surface area contributed by atoms with Gasteiger partial charge in [-0.05, 0) is 31.5 Å². The van der Waals surface area contributed by atoms with Crippen LogP contribution in [0.2, 0.25) is 0 Å². The molecule has 0 aliphatic rings. The minimum atomic E-state index is -0.469. The van der Waals surface area contributed by atoms with Crippen LogP contribution in [0, 0.1) is 17.0 Å². The number of nitrogens with zero attached hydrogens (tertiary/aromatic N) is 1. The van der Waals surface area contributed by atoms with Crippen LogP contribution in [0.4, 0.5) is 17.1 Å². The number of anilines is 2. The lowest BCUT2D eigenvalue weighted by Crippen LogP contribution is -2.22. The molecular formula is C17H19N3O4. The van der Waals surface area contributed by atoms with Gasteiger partial charge < -0.3 is 15.4 Å². The number of rotatable bonds is 7. The quantitative estimate of drug-likeness (QED) is 0.600. The normalized spacial score (nSPS) is 10.1. The number of amides is 1. The van der Waals surface area contributed by atoms with E-state index in [1.165, 1.54) is 12.1 Å². The molecule has 0 fully saturated rings. The molecule has 7 nitrogen and oxygen atoms in total. The van der Waals surface area contributed by atoms with Crippen LogP contribution in [0.25, 0.3) is 0 Å². The summed E-state index contributed by atoms with van der Waals surface area (Å²) in [6.07, 6.45) is 0. The molecule has 2 aromatic carbocycles. The summed E-state index contributed by atoms with van der Waals surface area (Å²) in [4.78, 5) is 22.5. The number of ether oxygens (including phenoxy) is 1. The van der Waals surface area contributed by atoms with Crippen LogP contribution in [0.3, 0.4) is 0 Å². The van der Waals surface area contributed by atoms with Crippen LogP contribution in [-0.4, -0.2) is 24.0 Å². The number of hydrogen-bond donors (Lipinski definition) is 2. The summed E-state index contributed by atoms with van der Waals surface area (Å²) in [5, 5.41) is 16.5. The van der Waals surface area contributed by atoms with E-state index in [0.717, 1.165) is 5.56 Å². The van der Waals surface area contributed by atoms with Gasteiger partial charge in [0.1, 0.15) is 5.75 Å². The molecule has 2 N–H and O–H groups in total. The third kappa shape index (κ3) is 4.45. The molecule has 2 aromatic rings. The highest BCUT2D eigenvalue weighted by atomic mass is 16.6. The Morgan fingerprint density at radius 1 is 1.21 bits per heavy atom. The van der Waals surface area contributed by atoms with Crippen molar-refractivity contribution < 1.29 is 14.5 Å². The van der Waals surface area contributed by atoms with E-state index in [0.29, 0.717) is 23.7 Å². The van der Waals surface area contributed by atoms with E-state index in [-0.39, 0.29) is 18.1 Å². The van der Waals surface area contributed by atoms with Gasteiger partial charge in [-0.2, -0.15) is 0 Å². The minimum Gasteiger partial charge on any atom is -0.492 e. The lowest BCUT2D eigenvalue weighted by Gasteiger charge is -2.12. The highest BCUT2D eigenvalue weighted by Crippen LogP contribution is 2.24. The Morgan fingerprint density at radius 3 is 2.67 bits per heavy atom. The Bertz CT molecular complexity index is 746. The number of carbonyl (C=O) groups excluding carboxylic acids is 1. The molecule has 0 heterocycles. The third-order valence-electron chi connectivity index (χ3n) is 3.33. The zero-order chi connectivity index (χ0) is 17.5. The smallest absolute Gasteiger partial charge is 0.271 e. The van der Waals surface area contributed by atoms with Gasteiger partial charge in [-0.15, -0.1) is 0 Å². The number of aryl methyl sites for hydroxylation is 1.